The zero-order valence-corrected chi connectivity index (χ0v) is 10.5. The molecule has 1 fully saturated rings. The van der Waals surface area contributed by atoms with Gasteiger partial charge < -0.3 is 5.43 Å². The maximum atomic E-state index is 11.5. The molecule has 1 atom stereocenters. The summed E-state index contributed by atoms with van der Waals surface area (Å²) in [6, 6.07) is 0. The Kier molecular flexibility index (Phi) is 2.96. The van der Waals surface area contributed by atoms with E-state index in [1.807, 2.05) is 0 Å². The third kappa shape index (κ3) is 3.00. The molecular weight excluding hydrogens is 200 g/mol. The lowest BCUT2D eigenvalue weighted by Crippen LogP contribution is -2.39. The monoisotopic (exact) mass is 222 g/mol. The summed E-state index contributed by atoms with van der Waals surface area (Å²) in [4.78, 5) is 11.5. The van der Waals surface area contributed by atoms with E-state index in [0.29, 0.717) is 5.92 Å². The summed E-state index contributed by atoms with van der Waals surface area (Å²) in [7, 11) is 0. The van der Waals surface area contributed by atoms with Crippen molar-refractivity contribution in [3.63, 3.8) is 0 Å². The van der Waals surface area contributed by atoms with Crippen LogP contribution < -0.4 is 10.9 Å². The molecule has 2 N–H and O–H groups in total. The van der Waals surface area contributed by atoms with Crippen molar-refractivity contribution >= 4 is 5.91 Å². The van der Waals surface area contributed by atoms with E-state index in [-0.39, 0.29) is 17.2 Å². The molecule has 1 saturated carbocycles. The highest BCUT2D eigenvalue weighted by molar-refractivity contribution is 5.80. The Morgan fingerprint density at radius 3 is 2.69 bits per heavy atom. The highest BCUT2D eigenvalue weighted by Gasteiger charge is 2.30. The van der Waals surface area contributed by atoms with Crippen molar-refractivity contribution in [2.75, 3.05) is 0 Å². The van der Waals surface area contributed by atoms with Gasteiger partial charge in [-0.2, -0.15) is 0 Å². The maximum absolute atomic E-state index is 11.5. The number of carbonyl (C=O) groups is 1. The molecule has 0 spiro atoms. The summed E-state index contributed by atoms with van der Waals surface area (Å²) in [5, 5.41) is 0. The topological polar surface area (TPSA) is 41.1 Å². The van der Waals surface area contributed by atoms with Crippen LogP contribution in [0.5, 0.6) is 0 Å². The minimum atomic E-state index is 0.150. The van der Waals surface area contributed by atoms with Gasteiger partial charge in [-0.15, -0.1) is 0 Å². The minimum Gasteiger partial charge on any atom is -0.303 e. The molecule has 2 aliphatic rings. The van der Waals surface area contributed by atoms with Crippen LogP contribution in [-0.4, -0.2) is 5.91 Å². The summed E-state index contributed by atoms with van der Waals surface area (Å²) in [6.07, 6.45) is 6.60. The fraction of sp³-hybridized carbons (Fsp3) is 0.769. The standard InChI is InChI=1S/C13H22N2O/c1-9-6-11(8-13(2,3)7-9)14-15-12(16)10-4-5-10/h8-10,14H,4-7H2,1-3H3,(H,15,16)/t9-/m1/s1. The summed E-state index contributed by atoms with van der Waals surface area (Å²) in [6.45, 7) is 6.75. The number of hydrazine groups is 1. The Labute approximate surface area is 97.6 Å². The van der Waals surface area contributed by atoms with E-state index in [4.69, 9.17) is 0 Å². The molecule has 90 valence electrons. The molecule has 16 heavy (non-hydrogen) atoms. The molecule has 0 unspecified atom stereocenters. The molecule has 2 rings (SSSR count). The van der Waals surface area contributed by atoms with Gasteiger partial charge in [-0.1, -0.05) is 26.8 Å². The molecule has 0 bridgehead atoms. The molecule has 0 heterocycles. The summed E-state index contributed by atoms with van der Waals surface area (Å²) in [5.41, 5.74) is 7.31. The van der Waals surface area contributed by atoms with Crippen molar-refractivity contribution in [3.05, 3.63) is 11.8 Å². The van der Waals surface area contributed by atoms with Crippen molar-refractivity contribution in [3.8, 4) is 0 Å². The first-order valence-electron chi connectivity index (χ1n) is 6.24. The number of carbonyl (C=O) groups excluding carboxylic acids is 1. The molecule has 1 amide bonds. The first-order chi connectivity index (χ1) is 7.46. The number of amides is 1. The second-order valence-electron chi connectivity index (χ2n) is 6.06. The number of allylic oxidation sites excluding steroid dienone is 2. The Balaban J connectivity index is 1.88. The zero-order chi connectivity index (χ0) is 11.8. The second kappa shape index (κ2) is 4.11. The zero-order valence-electron chi connectivity index (χ0n) is 10.5. The molecule has 0 saturated heterocycles. The van der Waals surface area contributed by atoms with Crippen molar-refractivity contribution in [2.45, 2.75) is 46.5 Å². The Morgan fingerprint density at radius 2 is 2.12 bits per heavy atom. The SMILES string of the molecule is C[C@@H]1CC(NNC(=O)C2CC2)=CC(C)(C)C1. The quantitative estimate of drug-likeness (QED) is 0.720. The van der Waals surface area contributed by atoms with Gasteiger partial charge in [0, 0.05) is 11.6 Å². The average Bonchev–Trinajstić information content (AvgIpc) is 2.93. The average molecular weight is 222 g/mol. The highest BCUT2D eigenvalue weighted by Crippen LogP contribution is 2.35. The van der Waals surface area contributed by atoms with Crippen molar-refractivity contribution in [2.24, 2.45) is 17.3 Å². The van der Waals surface area contributed by atoms with E-state index in [1.54, 1.807) is 0 Å². The van der Waals surface area contributed by atoms with Crippen LogP contribution in [0.25, 0.3) is 0 Å². The number of nitrogens with one attached hydrogen (secondary N) is 2. The van der Waals surface area contributed by atoms with Crippen molar-refractivity contribution in [1.29, 1.82) is 0 Å². The second-order valence-corrected chi connectivity index (χ2v) is 6.06. The highest BCUT2D eigenvalue weighted by atomic mass is 16.2. The Hall–Kier alpha value is -0.990. The number of rotatable bonds is 3. The lowest BCUT2D eigenvalue weighted by Gasteiger charge is -2.32. The number of hydrogen-bond acceptors (Lipinski definition) is 2. The van der Waals surface area contributed by atoms with Crippen LogP contribution >= 0.6 is 0 Å². The van der Waals surface area contributed by atoms with Gasteiger partial charge in [0.1, 0.15) is 0 Å². The summed E-state index contributed by atoms with van der Waals surface area (Å²) in [5.74, 6) is 1.10. The van der Waals surface area contributed by atoms with E-state index >= 15 is 0 Å². The Morgan fingerprint density at radius 1 is 1.44 bits per heavy atom. The van der Waals surface area contributed by atoms with E-state index < -0.39 is 0 Å². The molecule has 3 heteroatoms. The third-order valence-electron chi connectivity index (χ3n) is 3.30. The van der Waals surface area contributed by atoms with Gasteiger partial charge in [0.25, 0.3) is 0 Å². The lowest BCUT2D eigenvalue weighted by molar-refractivity contribution is -0.123. The van der Waals surface area contributed by atoms with Crippen LogP contribution in [0.4, 0.5) is 0 Å². The third-order valence-corrected chi connectivity index (χ3v) is 3.30. The normalized spacial score (nSPS) is 28.2. The van der Waals surface area contributed by atoms with Crippen LogP contribution in [0.1, 0.15) is 46.5 Å². The summed E-state index contributed by atoms with van der Waals surface area (Å²) < 4.78 is 0. The molecule has 0 radical (unpaired) electrons. The van der Waals surface area contributed by atoms with Gasteiger partial charge in [-0.25, -0.2) is 0 Å². The van der Waals surface area contributed by atoms with E-state index in [0.717, 1.165) is 25.0 Å². The lowest BCUT2D eigenvalue weighted by atomic mass is 9.76. The van der Waals surface area contributed by atoms with Gasteiger partial charge in [0.2, 0.25) is 5.91 Å². The van der Waals surface area contributed by atoms with Crippen molar-refractivity contribution < 1.29 is 4.79 Å². The predicted octanol–water partition coefficient (Wildman–Crippen LogP) is 2.36. The van der Waals surface area contributed by atoms with Gasteiger partial charge in [0.15, 0.2) is 0 Å². The van der Waals surface area contributed by atoms with Crippen LogP contribution in [-0.2, 0) is 4.79 Å². The minimum absolute atomic E-state index is 0.150. The van der Waals surface area contributed by atoms with E-state index in [1.165, 1.54) is 6.42 Å². The maximum Gasteiger partial charge on any atom is 0.241 e. The Bertz CT molecular complexity index is 316. The molecule has 3 nitrogen and oxygen atoms in total. The molecule has 0 aliphatic heterocycles. The van der Waals surface area contributed by atoms with E-state index in [9.17, 15) is 4.79 Å². The van der Waals surface area contributed by atoms with Crippen LogP contribution in [0, 0.1) is 17.3 Å². The van der Waals surface area contributed by atoms with Crippen LogP contribution in [0.15, 0.2) is 11.8 Å². The van der Waals surface area contributed by atoms with Gasteiger partial charge in [-0.05, 0) is 37.0 Å². The van der Waals surface area contributed by atoms with Crippen molar-refractivity contribution in [1.82, 2.24) is 10.9 Å². The van der Waals surface area contributed by atoms with Gasteiger partial charge in [0.05, 0.1) is 0 Å². The summed E-state index contributed by atoms with van der Waals surface area (Å²) >= 11 is 0. The van der Waals surface area contributed by atoms with Gasteiger partial charge in [-0.3, -0.25) is 10.2 Å². The van der Waals surface area contributed by atoms with E-state index in [2.05, 4.69) is 37.7 Å². The molecule has 0 aromatic rings. The smallest absolute Gasteiger partial charge is 0.241 e. The predicted molar refractivity (Wildman–Crippen MR) is 64.3 cm³/mol. The molecule has 0 aromatic heterocycles. The largest absolute Gasteiger partial charge is 0.303 e. The number of hydrogen-bond donors (Lipinski definition) is 2. The molecular formula is C13H22N2O. The first kappa shape index (κ1) is 11.5. The first-order valence-corrected chi connectivity index (χ1v) is 6.24. The van der Waals surface area contributed by atoms with Gasteiger partial charge >= 0.3 is 0 Å². The fourth-order valence-corrected chi connectivity index (χ4v) is 2.61. The van der Waals surface area contributed by atoms with Crippen LogP contribution in [0.3, 0.4) is 0 Å². The fourth-order valence-electron chi connectivity index (χ4n) is 2.61. The van der Waals surface area contributed by atoms with Crippen LogP contribution in [0.2, 0.25) is 0 Å². The molecule has 2 aliphatic carbocycles. The molecule has 0 aromatic carbocycles.